The summed E-state index contributed by atoms with van der Waals surface area (Å²) in [4.78, 5) is 0. The zero-order valence-corrected chi connectivity index (χ0v) is 14.1. The van der Waals surface area contributed by atoms with Crippen molar-refractivity contribution in [2.75, 3.05) is 0 Å². The van der Waals surface area contributed by atoms with Crippen LogP contribution in [0.1, 0.15) is 5.56 Å². The molecule has 0 fully saturated rings. The molecule has 0 atom stereocenters. The molecule has 0 radical (unpaired) electrons. The van der Waals surface area contributed by atoms with Crippen molar-refractivity contribution in [1.29, 1.82) is 0 Å². The summed E-state index contributed by atoms with van der Waals surface area (Å²) in [5.41, 5.74) is 0.786. The average molecular weight is 365 g/mol. The van der Waals surface area contributed by atoms with Gasteiger partial charge in [-0.3, -0.25) is 4.39 Å². The summed E-state index contributed by atoms with van der Waals surface area (Å²) in [5, 5.41) is 0. The summed E-state index contributed by atoms with van der Waals surface area (Å²) in [5.74, 6) is -0.586. The molecule has 0 aliphatic heterocycles. The second kappa shape index (κ2) is 8.33. The van der Waals surface area contributed by atoms with Crippen molar-refractivity contribution < 1.29 is 29.9 Å². The van der Waals surface area contributed by atoms with E-state index < -0.39 is 5.82 Å². The van der Waals surface area contributed by atoms with Crippen LogP contribution in [-0.2, 0) is 22.9 Å². The first kappa shape index (κ1) is 15.3. The summed E-state index contributed by atoms with van der Waals surface area (Å²) in [6, 6.07) is 12.8. The molecule has 0 spiro atoms. The van der Waals surface area contributed by atoms with E-state index in [1.807, 2.05) is 0 Å². The van der Waals surface area contributed by atoms with Crippen LogP contribution in [-0.4, -0.2) is 0 Å². The third-order valence-corrected chi connectivity index (χ3v) is 2.08. The molecule has 0 saturated heterocycles. The Bertz CT molecular complexity index is 477. The fraction of sp³-hybridized carbons (Fsp3) is 0.0769. The van der Waals surface area contributed by atoms with Crippen molar-refractivity contribution in [3.8, 4) is 5.75 Å². The Balaban J connectivity index is 0.000000771. The second-order valence-electron chi connectivity index (χ2n) is 3.27. The first-order chi connectivity index (χ1) is 8.75. The van der Waals surface area contributed by atoms with Crippen molar-refractivity contribution in [3.63, 3.8) is 0 Å². The van der Waals surface area contributed by atoms with Crippen LogP contribution >= 0.6 is 13.6 Å². The second-order valence-corrected chi connectivity index (χ2v) is 3.27. The Labute approximate surface area is 121 Å². The monoisotopic (exact) mass is 362 g/mol. The number of benzene rings is 2. The van der Waals surface area contributed by atoms with Crippen LogP contribution in [0.3, 0.4) is 0 Å². The number of rotatable bonds is 3. The maximum atomic E-state index is 13.1. The third-order valence-electron chi connectivity index (χ3n) is 2.08. The van der Waals surface area contributed by atoms with E-state index in [0.29, 0.717) is 0 Å². The Morgan fingerprint density at radius 2 is 1.78 bits per heavy atom. The van der Waals surface area contributed by atoms with Crippen LogP contribution in [0, 0.1) is 17.7 Å². The van der Waals surface area contributed by atoms with Crippen LogP contribution < -0.4 is 4.74 Å². The van der Waals surface area contributed by atoms with E-state index in [9.17, 15) is 8.78 Å². The molecule has 0 amide bonds. The quantitative estimate of drug-likeness (QED) is 0.586. The Morgan fingerprint density at radius 1 is 1.11 bits per heavy atom. The first-order valence-electron chi connectivity index (χ1n) is 5.05. The molecule has 0 aromatic heterocycles. The van der Waals surface area contributed by atoms with Gasteiger partial charge in [0.15, 0.2) is 0 Å². The molecule has 0 heterocycles. The van der Waals surface area contributed by atoms with Crippen LogP contribution in [0.2, 0.25) is 0 Å². The van der Waals surface area contributed by atoms with Crippen LogP contribution in [0.15, 0.2) is 42.5 Å². The summed E-state index contributed by atoms with van der Waals surface area (Å²) >= 11 is 4.25. The van der Waals surface area contributed by atoms with Gasteiger partial charge in [0.25, 0.3) is 0 Å². The van der Waals surface area contributed by atoms with Gasteiger partial charge in [0.05, 0.1) is 0 Å². The van der Waals surface area contributed by atoms with Crippen molar-refractivity contribution in [2.45, 2.75) is 6.61 Å². The minimum atomic E-state index is -0.454. The van der Waals surface area contributed by atoms with Gasteiger partial charge in [-0.25, -0.2) is 4.39 Å². The van der Waals surface area contributed by atoms with E-state index in [1.54, 1.807) is 18.2 Å². The van der Waals surface area contributed by atoms with Gasteiger partial charge in [0, 0.05) is 11.6 Å². The molecule has 2 aromatic rings. The Morgan fingerprint density at radius 3 is 2.39 bits per heavy atom. The Hall–Kier alpha value is -0.797. The molecular formula is C13H9BrF2OZn. The van der Waals surface area contributed by atoms with Gasteiger partial charge in [-0.05, 0) is 17.7 Å². The maximum absolute atomic E-state index is 13.1. The van der Waals surface area contributed by atoms with Gasteiger partial charge < -0.3 is 4.74 Å². The van der Waals surface area contributed by atoms with Gasteiger partial charge in [-0.1, -0.05) is 12.1 Å². The third kappa shape index (κ3) is 4.83. The van der Waals surface area contributed by atoms with Gasteiger partial charge in [-0.15, -0.1) is 12.1 Å². The fourth-order valence-corrected chi connectivity index (χ4v) is 1.25. The van der Waals surface area contributed by atoms with E-state index in [0.717, 1.165) is 5.56 Å². The minimum absolute atomic E-state index is 0.170. The van der Waals surface area contributed by atoms with E-state index in [2.05, 4.69) is 19.7 Å². The van der Waals surface area contributed by atoms with E-state index in [1.165, 1.54) is 40.6 Å². The Kier molecular flexibility index (Phi) is 7.06. The predicted molar refractivity (Wildman–Crippen MR) is 64.9 cm³/mol. The molecule has 0 saturated carbocycles. The van der Waals surface area contributed by atoms with E-state index >= 15 is 0 Å². The molecule has 2 aromatic carbocycles. The number of hydrogen-bond donors (Lipinski definition) is 0. The summed E-state index contributed by atoms with van der Waals surface area (Å²) in [6.45, 7) is 0.210. The van der Waals surface area contributed by atoms with Crippen molar-refractivity contribution in [1.82, 2.24) is 0 Å². The molecule has 18 heavy (non-hydrogen) atoms. The zero-order valence-electron chi connectivity index (χ0n) is 9.50. The molecule has 0 bridgehead atoms. The van der Waals surface area contributed by atoms with Gasteiger partial charge >= 0.3 is 30.0 Å². The summed E-state index contributed by atoms with van der Waals surface area (Å²) in [7, 11) is 0. The fourth-order valence-electron chi connectivity index (χ4n) is 1.25. The first-order valence-corrected chi connectivity index (χ1v) is 12.0. The summed E-state index contributed by atoms with van der Waals surface area (Å²) in [6.07, 6.45) is 0. The van der Waals surface area contributed by atoms with E-state index in [4.69, 9.17) is 4.74 Å². The molecule has 0 aliphatic rings. The number of ether oxygens (including phenoxy) is 1. The number of hydrogen-bond acceptors (Lipinski definition) is 1. The van der Waals surface area contributed by atoms with Crippen molar-refractivity contribution in [2.24, 2.45) is 0 Å². The normalized spacial score (nSPS) is 9.39. The number of halogens is 3. The van der Waals surface area contributed by atoms with Crippen LogP contribution in [0.4, 0.5) is 8.78 Å². The van der Waals surface area contributed by atoms with Gasteiger partial charge in [0.2, 0.25) is 0 Å². The molecule has 0 aliphatic carbocycles. The van der Waals surface area contributed by atoms with Crippen molar-refractivity contribution in [3.05, 3.63) is 65.7 Å². The van der Waals surface area contributed by atoms with Crippen molar-refractivity contribution >= 4 is 13.6 Å². The van der Waals surface area contributed by atoms with E-state index in [-0.39, 0.29) is 18.2 Å². The molecule has 5 heteroatoms. The topological polar surface area (TPSA) is 9.23 Å². The zero-order chi connectivity index (χ0) is 13.4. The molecule has 0 N–H and O–H groups in total. The SMILES string of the molecule is Fc1ccc(COc2cc[c-]cc2F)cc1.[Zn+][Br]. The molecular weight excluding hydrogens is 355 g/mol. The summed E-state index contributed by atoms with van der Waals surface area (Å²) < 4.78 is 31.0. The van der Waals surface area contributed by atoms with Gasteiger partial charge in [-0.2, -0.15) is 12.1 Å². The molecule has 0 unspecified atom stereocenters. The van der Waals surface area contributed by atoms with Crippen LogP contribution in [0.5, 0.6) is 5.75 Å². The molecule has 2 rings (SSSR count). The average Bonchev–Trinajstić information content (AvgIpc) is 2.42. The van der Waals surface area contributed by atoms with Gasteiger partial charge in [0.1, 0.15) is 12.4 Å². The standard InChI is InChI=1S/C13H9F2O.BrH.Zn/c14-11-7-5-10(6-8-11)9-16-13-4-2-1-3-12(13)15;;/h2-8H,9H2;1H;/q-1;;+2/p-1. The molecule has 1 nitrogen and oxygen atoms in total. The molecule has 90 valence electrons. The predicted octanol–water partition coefficient (Wildman–Crippen LogP) is 4.19. The van der Waals surface area contributed by atoms with Crippen LogP contribution in [0.25, 0.3) is 0 Å².